The van der Waals surface area contributed by atoms with Gasteiger partial charge in [0.05, 0.1) is 0 Å². The van der Waals surface area contributed by atoms with Crippen LogP contribution in [0.3, 0.4) is 0 Å². The second-order valence-electron chi connectivity index (χ2n) is 5.66. The Morgan fingerprint density at radius 3 is 2.48 bits per heavy atom. The molecule has 3 atom stereocenters. The van der Waals surface area contributed by atoms with Gasteiger partial charge in [-0.05, 0) is 20.8 Å². The zero-order valence-corrected chi connectivity index (χ0v) is 13.0. The van der Waals surface area contributed by atoms with Crippen molar-refractivity contribution in [2.45, 2.75) is 49.6 Å². The summed E-state index contributed by atoms with van der Waals surface area (Å²) < 4.78 is 76.7. The SMILES string of the molecule is CC1(C)OC2C(COC(=O)C(F)(F)S(=O)(=O)[O-])OC(=O)C2(C)O1. The van der Waals surface area contributed by atoms with E-state index in [1.807, 2.05) is 0 Å². The van der Waals surface area contributed by atoms with Crippen molar-refractivity contribution < 1.29 is 50.3 Å². The molecule has 3 unspecified atom stereocenters. The largest absolute Gasteiger partial charge is 0.743 e. The molecule has 2 rings (SSSR count). The summed E-state index contributed by atoms with van der Waals surface area (Å²) >= 11 is 0. The number of alkyl halides is 2. The normalized spacial score (nSPS) is 33.2. The van der Waals surface area contributed by atoms with Crippen molar-refractivity contribution in [2.24, 2.45) is 0 Å². The van der Waals surface area contributed by atoms with Crippen LogP contribution in [0, 0.1) is 0 Å². The van der Waals surface area contributed by atoms with E-state index < -0.39 is 57.5 Å². The topological polar surface area (TPSA) is 128 Å². The molecule has 0 aromatic rings. The number of carbonyl (C=O) groups is 2. The van der Waals surface area contributed by atoms with Gasteiger partial charge in [0.2, 0.25) is 0 Å². The number of hydrogen-bond donors (Lipinski definition) is 0. The summed E-state index contributed by atoms with van der Waals surface area (Å²) in [5.74, 6) is -4.57. The van der Waals surface area contributed by atoms with Gasteiger partial charge in [-0.3, -0.25) is 0 Å². The number of ether oxygens (including phenoxy) is 4. The molecule has 2 fully saturated rings. The van der Waals surface area contributed by atoms with Crippen LogP contribution in [0.4, 0.5) is 8.78 Å². The molecule has 0 spiro atoms. The quantitative estimate of drug-likeness (QED) is 0.482. The molecule has 0 N–H and O–H groups in total. The minimum Gasteiger partial charge on any atom is -0.743 e. The van der Waals surface area contributed by atoms with E-state index in [-0.39, 0.29) is 0 Å². The lowest BCUT2D eigenvalue weighted by Gasteiger charge is -2.22. The van der Waals surface area contributed by atoms with Crippen LogP contribution < -0.4 is 0 Å². The number of esters is 2. The number of cyclic esters (lactones) is 1. The lowest BCUT2D eigenvalue weighted by atomic mass is 9.99. The molecule has 0 saturated carbocycles. The van der Waals surface area contributed by atoms with Crippen LogP contribution in [0.2, 0.25) is 0 Å². The third kappa shape index (κ3) is 2.91. The summed E-state index contributed by atoms with van der Waals surface area (Å²) in [7, 11) is -6.23. The first-order chi connectivity index (χ1) is 10.2. The fraction of sp³-hybridized carbons (Fsp3) is 0.818. The van der Waals surface area contributed by atoms with Gasteiger partial charge in [0.15, 0.2) is 27.6 Å². The molecule has 132 valence electrons. The molecule has 0 radical (unpaired) electrons. The van der Waals surface area contributed by atoms with E-state index in [0.29, 0.717) is 0 Å². The highest BCUT2D eigenvalue weighted by Gasteiger charge is 2.65. The Balaban J connectivity index is 2.08. The summed E-state index contributed by atoms with van der Waals surface area (Å²) in [5, 5.41) is -5.24. The molecule has 9 nitrogen and oxygen atoms in total. The van der Waals surface area contributed by atoms with E-state index in [1.54, 1.807) is 0 Å². The van der Waals surface area contributed by atoms with Crippen LogP contribution in [0.15, 0.2) is 0 Å². The first-order valence-corrected chi connectivity index (χ1v) is 7.71. The first kappa shape index (κ1) is 18.0. The Bertz CT molecular complexity index is 644. The van der Waals surface area contributed by atoms with E-state index in [1.165, 1.54) is 20.8 Å². The van der Waals surface area contributed by atoms with Gasteiger partial charge in [-0.2, -0.15) is 8.78 Å². The van der Waals surface area contributed by atoms with Crippen LogP contribution >= 0.6 is 0 Å². The molecule has 0 aromatic heterocycles. The van der Waals surface area contributed by atoms with Gasteiger partial charge in [-0.25, -0.2) is 18.0 Å². The maximum atomic E-state index is 13.0. The summed E-state index contributed by atoms with van der Waals surface area (Å²) in [6.45, 7) is 3.44. The van der Waals surface area contributed by atoms with Gasteiger partial charge in [-0.1, -0.05) is 0 Å². The lowest BCUT2D eigenvalue weighted by Crippen LogP contribution is -2.43. The number of hydrogen-bond acceptors (Lipinski definition) is 9. The minimum atomic E-state index is -6.23. The molecule has 2 aliphatic heterocycles. The maximum absolute atomic E-state index is 13.0. The molecule has 0 bridgehead atoms. The summed E-state index contributed by atoms with van der Waals surface area (Å²) in [6, 6.07) is 0. The Morgan fingerprint density at radius 2 is 1.96 bits per heavy atom. The van der Waals surface area contributed by atoms with Gasteiger partial charge in [0.1, 0.15) is 12.7 Å². The zero-order chi connectivity index (χ0) is 17.8. The number of carbonyl (C=O) groups excluding carboxylic acids is 2. The van der Waals surface area contributed by atoms with Gasteiger partial charge in [0.25, 0.3) is 0 Å². The molecule has 23 heavy (non-hydrogen) atoms. The van der Waals surface area contributed by atoms with Gasteiger partial charge in [0, 0.05) is 0 Å². The van der Waals surface area contributed by atoms with Crippen molar-refractivity contribution in [3.8, 4) is 0 Å². The van der Waals surface area contributed by atoms with Crippen molar-refractivity contribution in [2.75, 3.05) is 6.61 Å². The molecule has 2 aliphatic rings. The van der Waals surface area contributed by atoms with E-state index in [0.717, 1.165) is 0 Å². The van der Waals surface area contributed by atoms with Crippen LogP contribution in [-0.4, -0.2) is 60.4 Å². The van der Waals surface area contributed by atoms with Gasteiger partial charge < -0.3 is 23.5 Å². The fourth-order valence-corrected chi connectivity index (χ4v) is 2.64. The number of halogens is 2. The van der Waals surface area contributed by atoms with Gasteiger partial charge >= 0.3 is 17.2 Å². The van der Waals surface area contributed by atoms with Crippen LogP contribution in [-0.2, 0) is 38.7 Å². The lowest BCUT2D eigenvalue weighted by molar-refractivity contribution is -0.200. The van der Waals surface area contributed by atoms with Crippen molar-refractivity contribution in [1.82, 2.24) is 0 Å². The second-order valence-corrected chi connectivity index (χ2v) is 7.08. The highest BCUT2D eigenvalue weighted by atomic mass is 32.2. The molecule has 0 amide bonds. The van der Waals surface area contributed by atoms with Crippen molar-refractivity contribution in [1.29, 1.82) is 0 Å². The highest BCUT2D eigenvalue weighted by molar-refractivity contribution is 7.87. The molecule has 0 aliphatic carbocycles. The molecule has 2 saturated heterocycles. The maximum Gasteiger partial charge on any atom is 0.428 e. The molecule has 0 aromatic carbocycles. The third-order valence-electron chi connectivity index (χ3n) is 3.34. The number of fused-ring (bicyclic) bond motifs is 1. The van der Waals surface area contributed by atoms with Crippen molar-refractivity contribution in [3.63, 3.8) is 0 Å². The van der Waals surface area contributed by atoms with E-state index in [9.17, 15) is 31.3 Å². The molecule has 2 heterocycles. The monoisotopic (exact) mass is 359 g/mol. The van der Waals surface area contributed by atoms with Crippen molar-refractivity contribution >= 4 is 22.1 Å². The standard InChI is InChI=1S/C11H14F2O9S/c1-9(2)21-6-5(20-7(14)10(6,3)22-9)4-19-8(15)11(12,13)23(16,17)18/h5-6H,4H2,1-3H3,(H,16,17,18)/p-1. The summed E-state index contributed by atoms with van der Waals surface area (Å²) in [6.07, 6.45) is -2.35. The summed E-state index contributed by atoms with van der Waals surface area (Å²) in [5.41, 5.74) is -1.52. The van der Waals surface area contributed by atoms with E-state index >= 15 is 0 Å². The van der Waals surface area contributed by atoms with Crippen LogP contribution in [0.25, 0.3) is 0 Å². The average molecular weight is 359 g/mol. The third-order valence-corrected chi connectivity index (χ3v) is 4.14. The van der Waals surface area contributed by atoms with Crippen LogP contribution in [0.1, 0.15) is 20.8 Å². The van der Waals surface area contributed by atoms with Crippen molar-refractivity contribution in [3.05, 3.63) is 0 Å². The number of rotatable bonds is 4. The second kappa shape index (κ2) is 5.06. The predicted octanol–water partition coefficient (Wildman–Crippen LogP) is -0.497. The molecule has 12 heteroatoms. The van der Waals surface area contributed by atoms with Crippen LogP contribution in [0.5, 0.6) is 0 Å². The Morgan fingerprint density at radius 1 is 1.39 bits per heavy atom. The Labute approximate surface area is 129 Å². The smallest absolute Gasteiger partial charge is 0.428 e. The minimum absolute atomic E-state index is 0.850. The average Bonchev–Trinajstić information content (AvgIpc) is 2.74. The Hall–Kier alpha value is -1.37. The molecular weight excluding hydrogens is 346 g/mol. The van der Waals surface area contributed by atoms with E-state index in [4.69, 9.17) is 14.2 Å². The molecular formula is C11H13F2O9S-. The van der Waals surface area contributed by atoms with E-state index in [2.05, 4.69) is 4.74 Å². The predicted molar refractivity (Wildman–Crippen MR) is 63.9 cm³/mol. The zero-order valence-electron chi connectivity index (χ0n) is 12.2. The first-order valence-electron chi connectivity index (χ1n) is 6.30. The Kier molecular flexibility index (Phi) is 3.96. The van der Waals surface area contributed by atoms with Gasteiger partial charge in [-0.15, -0.1) is 0 Å². The fourth-order valence-electron chi connectivity index (χ4n) is 2.38. The summed E-state index contributed by atoms with van der Waals surface area (Å²) in [4.78, 5) is 22.9. The highest BCUT2D eigenvalue weighted by Crippen LogP contribution is 2.43.